The molecule has 0 aromatic rings. The smallest absolute Gasteiger partial charge is 0.308 e. The lowest BCUT2D eigenvalue weighted by Gasteiger charge is -2.26. The van der Waals surface area contributed by atoms with Gasteiger partial charge in [-0.3, -0.25) is 4.79 Å². The molecular weight excluding hydrogens is 192 g/mol. The van der Waals surface area contributed by atoms with Crippen molar-refractivity contribution >= 4 is 5.97 Å². The Hall–Kier alpha value is -0.570. The van der Waals surface area contributed by atoms with E-state index in [-0.39, 0.29) is 11.9 Å². The summed E-state index contributed by atoms with van der Waals surface area (Å²) in [5, 5.41) is 0. The quantitative estimate of drug-likeness (QED) is 0.670. The van der Waals surface area contributed by atoms with E-state index in [2.05, 4.69) is 0 Å². The predicted molar refractivity (Wildman–Crippen MR) is 56.4 cm³/mol. The van der Waals surface area contributed by atoms with Crippen LogP contribution in [0.15, 0.2) is 0 Å². The van der Waals surface area contributed by atoms with E-state index in [4.69, 9.17) is 9.47 Å². The van der Waals surface area contributed by atoms with Gasteiger partial charge in [0.1, 0.15) is 0 Å². The molecule has 0 bridgehead atoms. The molecule has 2 aliphatic rings. The Balaban J connectivity index is 1.64. The number of rotatable bonds is 4. The molecule has 0 aromatic heterocycles. The fourth-order valence-electron chi connectivity index (χ4n) is 2.19. The third-order valence-electron chi connectivity index (χ3n) is 3.47. The first kappa shape index (κ1) is 10.9. The van der Waals surface area contributed by atoms with Crippen LogP contribution in [0, 0.1) is 11.8 Å². The van der Waals surface area contributed by atoms with Crippen molar-refractivity contribution in [1.29, 1.82) is 0 Å². The summed E-state index contributed by atoms with van der Waals surface area (Å²) in [6.45, 7) is 0.938. The largest absolute Gasteiger partial charge is 0.469 e. The highest BCUT2D eigenvalue weighted by Gasteiger charge is 2.29. The molecule has 0 radical (unpaired) electrons. The molecule has 0 heterocycles. The van der Waals surface area contributed by atoms with Crippen molar-refractivity contribution in [2.24, 2.45) is 11.8 Å². The standard InChI is InChI=1S/C12H20O3/c1-14-12(13)10-4-6-11(7-5-10)15-8-9-2-3-9/h9-11H,2-8H2,1H3. The zero-order valence-electron chi connectivity index (χ0n) is 9.41. The number of carbonyl (C=O) groups excluding carboxylic acids is 1. The molecule has 2 rings (SSSR count). The minimum absolute atomic E-state index is 0.0457. The molecule has 2 saturated carbocycles. The average molecular weight is 212 g/mol. The summed E-state index contributed by atoms with van der Waals surface area (Å²) in [5.41, 5.74) is 0. The maximum Gasteiger partial charge on any atom is 0.308 e. The highest BCUT2D eigenvalue weighted by Crippen LogP contribution is 2.32. The van der Waals surface area contributed by atoms with Crippen molar-refractivity contribution in [2.45, 2.75) is 44.6 Å². The van der Waals surface area contributed by atoms with Crippen LogP contribution in [0.4, 0.5) is 0 Å². The van der Waals surface area contributed by atoms with Gasteiger partial charge in [0, 0.05) is 6.61 Å². The number of esters is 1. The van der Waals surface area contributed by atoms with Crippen LogP contribution in [-0.2, 0) is 14.3 Å². The summed E-state index contributed by atoms with van der Waals surface area (Å²) in [6.07, 6.45) is 6.99. The zero-order valence-corrected chi connectivity index (χ0v) is 9.41. The van der Waals surface area contributed by atoms with Gasteiger partial charge in [-0.2, -0.15) is 0 Å². The molecular formula is C12H20O3. The Morgan fingerprint density at radius 1 is 1.13 bits per heavy atom. The molecule has 0 unspecified atom stereocenters. The van der Waals surface area contributed by atoms with E-state index in [1.807, 2.05) is 0 Å². The number of hydrogen-bond acceptors (Lipinski definition) is 3. The molecule has 0 spiro atoms. The van der Waals surface area contributed by atoms with E-state index in [1.54, 1.807) is 0 Å². The van der Waals surface area contributed by atoms with Crippen LogP contribution in [0.2, 0.25) is 0 Å². The normalized spacial score (nSPS) is 31.3. The number of methoxy groups -OCH3 is 1. The van der Waals surface area contributed by atoms with Gasteiger partial charge in [-0.05, 0) is 44.4 Å². The summed E-state index contributed by atoms with van der Waals surface area (Å²) >= 11 is 0. The molecule has 3 nitrogen and oxygen atoms in total. The van der Waals surface area contributed by atoms with Crippen molar-refractivity contribution in [1.82, 2.24) is 0 Å². The molecule has 0 N–H and O–H groups in total. The van der Waals surface area contributed by atoms with Crippen molar-refractivity contribution in [2.75, 3.05) is 13.7 Å². The number of ether oxygens (including phenoxy) is 2. The van der Waals surface area contributed by atoms with Gasteiger partial charge in [0.15, 0.2) is 0 Å². The van der Waals surface area contributed by atoms with E-state index in [9.17, 15) is 4.79 Å². The molecule has 0 aliphatic heterocycles. The Kier molecular flexibility index (Phi) is 3.62. The summed E-state index contributed by atoms with van der Waals surface area (Å²) < 4.78 is 10.6. The summed E-state index contributed by atoms with van der Waals surface area (Å²) in [4.78, 5) is 11.3. The molecule has 2 aliphatic carbocycles. The van der Waals surface area contributed by atoms with Gasteiger partial charge in [-0.15, -0.1) is 0 Å². The first-order chi connectivity index (χ1) is 7.29. The van der Waals surface area contributed by atoms with Crippen LogP contribution < -0.4 is 0 Å². The molecule has 0 aromatic carbocycles. The number of hydrogen-bond donors (Lipinski definition) is 0. The van der Waals surface area contributed by atoms with Gasteiger partial charge in [-0.1, -0.05) is 0 Å². The molecule has 2 fully saturated rings. The molecule has 0 saturated heterocycles. The van der Waals surface area contributed by atoms with Crippen LogP contribution >= 0.6 is 0 Å². The van der Waals surface area contributed by atoms with E-state index in [0.29, 0.717) is 6.10 Å². The van der Waals surface area contributed by atoms with Crippen molar-refractivity contribution in [3.8, 4) is 0 Å². The average Bonchev–Trinajstić information content (AvgIpc) is 3.10. The van der Waals surface area contributed by atoms with Crippen LogP contribution in [-0.4, -0.2) is 25.8 Å². The summed E-state index contributed by atoms with van der Waals surface area (Å²) in [5.74, 6) is 0.912. The Morgan fingerprint density at radius 2 is 1.80 bits per heavy atom. The minimum atomic E-state index is -0.0457. The highest BCUT2D eigenvalue weighted by atomic mass is 16.5. The highest BCUT2D eigenvalue weighted by molar-refractivity contribution is 5.72. The lowest BCUT2D eigenvalue weighted by atomic mass is 9.87. The van der Waals surface area contributed by atoms with Gasteiger partial charge in [0.2, 0.25) is 0 Å². The van der Waals surface area contributed by atoms with Gasteiger partial charge in [0.25, 0.3) is 0 Å². The molecule has 86 valence electrons. The third kappa shape index (κ3) is 3.20. The number of carbonyl (C=O) groups is 1. The lowest BCUT2D eigenvalue weighted by Crippen LogP contribution is -2.27. The maximum atomic E-state index is 11.3. The van der Waals surface area contributed by atoms with Crippen molar-refractivity contribution in [3.63, 3.8) is 0 Å². The fourth-order valence-corrected chi connectivity index (χ4v) is 2.19. The fraction of sp³-hybridized carbons (Fsp3) is 0.917. The van der Waals surface area contributed by atoms with Gasteiger partial charge in [0.05, 0.1) is 19.1 Å². The summed E-state index contributed by atoms with van der Waals surface area (Å²) in [7, 11) is 1.47. The van der Waals surface area contributed by atoms with Gasteiger partial charge in [-0.25, -0.2) is 0 Å². The monoisotopic (exact) mass is 212 g/mol. The molecule has 0 amide bonds. The van der Waals surface area contributed by atoms with Gasteiger partial charge >= 0.3 is 5.97 Å². The van der Waals surface area contributed by atoms with E-state index in [1.165, 1.54) is 20.0 Å². The van der Waals surface area contributed by atoms with E-state index in [0.717, 1.165) is 38.2 Å². The van der Waals surface area contributed by atoms with Crippen LogP contribution in [0.5, 0.6) is 0 Å². The van der Waals surface area contributed by atoms with Crippen LogP contribution in [0.1, 0.15) is 38.5 Å². The van der Waals surface area contributed by atoms with Crippen molar-refractivity contribution < 1.29 is 14.3 Å². The second-order valence-electron chi connectivity index (χ2n) is 4.77. The van der Waals surface area contributed by atoms with Crippen LogP contribution in [0.3, 0.4) is 0 Å². The second-order valence-corrected chi connectivity index (χ2v) is 4.77. The second kappa shape index (κ2) is 4.97. The molecule has 15 heavy (non-hydrogen) atoms. The topological polar surface area (TPSA) is 35.5 Å². The van der Waals surface area contributed by atoms with Gasteiger partial charge < -0.3 is 9.47 Å². The molecule has 3 heteroatoms. The minimum Gasteiger partial charge on any atom is -0.469 e. The third-order valence-corrected chi connectivity index (χ3v) is 3.47. The Bertz CT molecular complexity index is 215. The van der Waals surface area contributed by atoms with Crippen molar-refractivity contribution in [3.05, 3.63) is 0 Å². The van der Waals surface area contributed by atoms with Crippen LogP contribution in [0.25, 0.3) is 0 Å². The first-order valence-electron chi connectivity index (χ1n) is 5.99. The van der Waals surface area contributed by atoms with E-state index >= 15 is 0 Å². The lowest BCUT2D eigenvalue weighted by molar-refractivity contribution is -0.147. The first-order valence-corrected chi connectivity index (χ1v) is 5.99. The SMILES string of the molecule is COC(=O)C1CCC(OCC2CC2)CC1. The predicted octanol–water partition coefficient (Wildman–Crippen LogP) is 2.14. The Labute approximate surface area is 91.1 Å². The maximum absolute atomic E-state index is 11.3. The zero-order chi connectivity index (χ0) is 10.7. The Morgan fingerprint density at radius 3 is 2.33 bits per heavy atom. The van der Waals surface area contributed by atoms with E-state index < -0.39 is 0 Å². The molecule has 0 atom stereocenters. The summed E-state index contributed by atoms with van der Waals surface area (Å²) in [6, 6.07) is 0.